The fourth-order valence-electron chi connectivity index (χ4n) is 1.06. The first-order valence-corrected chi connectivity index (χ1v) is 5.03. The first kappa shape index (κ1) is 11.2. The topological polar surface area (TPSA) is 72.5 Å². The molecule has 5 heteroatoms. The Morgan fingerprint density at radius 3 is 2.93 bits per heavy atom. The summed E-state index contributed by atoms with van der Waals surface area (Å²) in [7, 11) is 1.34. The van der Waals surface area contributed by atoms with Crippen molar-refractivity contribution < 1.29 is 14.6 Å². The highest BCUT2D eigenvalue weighted by molar-refractivity contribution is 7.14. The molecule has 0 radical (unpaired) electrons. The summed E-state index contributed by atoms with van der Waals surface area (Å²) in [6.07, 6.45) is 0. The van der Waals surface area contributed by atoms with Crippen molar-refractivity contribution in [1.82, 2.24) is 0 Å². The van der Waals surface area contributed by atoms with Crippen molar-refractivity contribution in [2.75, 3.05) is 20.3 Å². The molecule has 1 unspecified atom stereocenters. The molecular weight excluding hydrogens is 202 g/mol. The van der Waals surface area contributed by atoms with Gasteiger partial charge in [-0.25, -0.2) is 4.79 Å². The molecule has 78 valence electrons. The Hall–Kier alpha value is -0.910. The predicted molar refractivity (Wildman–Crippen MR) is 54.5 cm³/mol. The van der Waals surface area contributed by atoms with Crippen LogP contribution < -0.4 is 5.73 Å². The molecule has 0 aliphatic carbocycles. The highest BCUT2D eigenvalue weighted by atomic mass is 32.1. The minimum Gasteiger partial charge on any atom is -0.465 e. The van der Waals surface area contributed by atoms with Crippen LogP contribution in [0.3, 0.4) is 0 Å². The third kappa shape index (κ3) is 2.31. The number of rotatable bonds is 4. The maximum atomic E-state index is 11.1. The van der Waals surface area contributed by atoms with E-state index in [1.165, 1.54) is 18.4 Å². The summed E-state index contributed by atoms with van der Waals surface area (Å²) >= 11 is 1.31. The number of thiophene rings is 1. The van der Waals surface area contributed by atoms with Crippen LogP contribution in [0.5, 0.6) is 0 Å². The number of aliphatic hydroxyl groups is 1. The number of hydrogen-bond acceptors (Lipinski definition) is 5. The molecule has 4 nitrogen and oxygen atoms in total. The van der Waals surface area contributed by atoms with Crippen molar-refractivity contribution >= 4 is 17.3 Å². The Morgan fingerprint density at radius 2 is 2.43 bits per heavy atom. The van der Waals surface area contributed by atoms with Crippen molar-refractivity contribution in [2.45, 2.75) is 5.92 Å². The monoisotopic (exact) mass is 215 g/mol. The van der Waals surface area contributed by atoms with Crippen LogP contribution in [0.2, 0.25) is 0 Å². The van der Waals surface area contributed by atoms with Gasteiger partial charge in [0.25, 0.3) is 0 Å². The molecule has 3 N–H and O–H groups in total. The van der Waals surface area contributed by atoms with Gasteiger partial charge in [-0.1, -0.05) is 0 Å². The van der Waals surface area contributed by atoms with E-state index < -0.39 is 0 Å². The van der Waals surface area contributed by atoms with Gasteiger partial charge in [0.1, 0.15) is 4.88 Å². The minimum absolute atomic E-state index is 0.00236. The normalized spacial score (nSPS) is 12.5. The van der Waals surface area contributed by atoms with Crippen molar-refractivity contribution in [3.63, 3.8) is 0 Å². The summed E-state index contributed by atoms with van der Waals surface area (Å²) in [5, 5.41) is 9.00. The van der Waals surface area contributed by atoms with Gasteiger partial charge in [-0.3, -0.25) is 0 Å². The molecular formula is C9H13NO3S. The van der Waals surface area contributed by atoms with Crippen LogP contribution in [0.4, 0.5) is 0 Å². The molecule has 1 rings (SSSR count). The standard InChI is InChI=1S/C9H13NO3S/c1-13-9(12)8-3-2-7(14-8)6(4-10)5-11/h2-3,6,11H,4-5,10H2,1H3. The second kappa shape index (κ2) is 5.09. The van der Waals surface area contributed by atoms with E-state index in [-0.39, 0.29) is 18.5 Å². The summed E-state index contributed by atoms with van der Waals surface area (Å²) in [6.45, 7) is 0.370. The van der Waals surface area contributed by atoms with Gasteiger partial charge in [0.15, 0.2) is 0 Å². The molecule has 1 heterocycles. The van der Waals surface area contributed by atoms with Gasteiger partial charge < -0.3 is 15.6 Å². The largest absolute Gasteiger partial charge is 0.465 e. The molecule has 0 amide bonds. The highest BCUT2D eigenvalue weighted by Gasteiger charge is 2.14. The van der Waals surface area contributed by atoms with E-state index in [0.717, 1.165) is 4.88 Å². The second-order valence-electron chi connectivity index (χ2n) is 2.81. The van der Waals surface area contributed by atoms with E-state index in [4.69, 9.17) is 10.8 Å². The summed E-state index contributed by atoms with van der Waals surface area (Å²) in [5.74, 6) is -0.437. The van der Waals surface area contributed by atoms with E-state index in [2.05, 4.69) is 4.74 Å². The zero-order valence-corrected chi connectivity index (χ0v) is 8.71. The van der Waals surface area contributed by atoms with Gasteiger partial charge >= 0.3 is 5.97 Å². The van der Waals surface area contributed by atoms with Crippen LogP contribution in [0.25, 0.3) is 0 Å². The van der Waals surface area contributed by atoms with Crippen LogP contribution in [0, 0.1) is 0 Å². The Balaban J connectivity index is 2.81. The predicted octanol–water partition coefficient (Wildman–Crippen LogP) is 0.569. The summed E-state index contributed by atoms with van der Waals surface area (Å²) in [6, 6.07) is 3.48. The van der Waals surface area contributed by atoms with E-state index in [1.807, 2.05) is 0 Å². The molecule has 14 heavy (non-hydrogen) atoms. The highest BCUT2D eigenvalue weighted by Crippen LogP contribution is 2.24. The van der Waals surface area contributed by atoms with Crippen LogP contribution in [-0.4, -0.2) is 31.3 Å². The molecule has 1 aromatic heterocycles. The first-order chi connectivity index (χ1) is 6.72. The Labute approximate surface area is 86.3 Å². The first-order valence-electron chi connectivity index (χ1n) is 4.22. The number of carbonyl (C=O) groups is 1. The Bertz CT molecular complexity index is 307. The lowest BCUT2D eigenvalue weighted by Crippen LogP contribution is -2.14. The number of aliphatic hydroxyl groups excluding tert-OH is 1. The van der Waals surface area contributed by atoms with Crippen LogP contribution in [0.15, 0.2) is 12.1 Å². The van der Waals surface area contributed by atoms with Crippen molar-refractivity contribution in [3.05, 3.63) is 21.9 Å². The molecule has 0 aromatic carbocycles. The number of ether oxygens (including phenoxy) is 1. The van der Waals surface area contributed by atoms with Gasteiger partial charge in [-0.2, -0.15) is 0 Å². The lowest BCUT2D eigenvalue weighted by atomic mass is 10.1. The molecule has 0 saturated heterocycles. The SMILES string of the molecule is COC(=O)c1ccc(C(CN)CO)s1. The lowest BCUT2D eigenvalue weighted by molar-refractivity contribution is 0.0606. The smallest absolute Gasteiger partial charge is 0.348 e. The number of methoxy groups -OCH3 is 1. The molecule has 0 bridgehead atoms. The van der Waals surface area contributed by atoms with Crippen molar-refractivity contribution in [1.29, 1.82) is 0 Å². The number of nitrogens with two attached hydrogens (primary N) is 1. The summed E-state index contributed by atoms with van der Waals surface area (Å²) in [5.41, 5.74) is 5.46. The quantitative estimate of drug-likeness (QED) is 0.720. The average Bonchev–Trinajstić information content (AvgIpc) is 2.68. The number of hydrogen-bond donors (Lipinski definition) is 2. The van der Waals surface area contributed by atoms with Gasteiger partial charge in [0, 0.05) is 17.3 Å². The Kier molecular flexibility index (Phi) is 4.06. The minimum atomic E-state index is -0.352. The summed E-state index contributed by atoms with van der Waals surface area (Å²) in [4.78, 5) is 12.6. The zero-order chi connectivity index (χ0) is 10.6. The zero-order valence-electron chi connectivity index (χ0n) is 7.90. The van der Waals surface area contributed by atoms with E-state index in [9.17, 15) is 4.79 Å². The van der Waals surface area contributed by atoms with Crippen molar-refractivity contribution in [2.24, 2.45) is 5.73 Å². The van der Waals surface area contributed by atoms with Crippen LogP contribution in [0.1, 0.15) is 20.5 Å². The van der Waals surface area contributed by atoms with Gasteiger partial charge in [0.05, 0.1) is 13.7 Å². The maximum absolute atomic E-state index is 11.1. The molecule has 0 spiro atoms. The molecule has 0 aliphatic rings. The second-order valence-corrected chi connectivity index (χ2v) is 3.92. The van der Waals surface area contributed by atoms with Gasteiger partial charge in [-0.05, 0) is 12.1 Å². The van der Waals surface area contributed by atoms with Crippen LogP contribution in [-0.2, 0) is 4.74 Å². The van der Waals surface area contributed by atoms with Crippen LogP contribution >= 0.6 is 11.3 Å². The third-order valence-corrected chi connectivity index (χ3v) is 3.15. The number of esters is 1. The number of carbonyl (C=O) groups excluding carboxylic acids is 1. The van der Waals surface area contributed by atoms with E-state index >= 15 is 0 Å². The Morgan fingerprint density at radius 1 is 1.71 bits per heavy atom. The third-order valence-electron chi connectivity index (χ3n) is 1.92. The summed E-state index contributed by atoms with van der Waals surface area (Å²) < 4.78 is 4.57. The fraction of sp³-hybridized carbons (Fsp3) is 0.444. The molecule has 0 fully saturated rings. The van der Waals surface area contributed by atoms with Gasteiger partial charge in [0.2, 0.25) is 0 Å². The molecule has 0 aliphatic heterocycles. The van der Waals surface area contributed by atoms with Crippen molar-refractivity contribution in [3.8, 4) is 0 Å². The molecule has 1 aromatic rings. The maximum Gasteiger partial charge on any atom is 0.348 e. The fourth-order valence-corrected chi connectivity index (χ4v) is 2.09. The molecule has 1 atom stereocenters. The average molecular weight is 215 g/mol. The van der Waals surface area contributed by atoms with Gasteiger partial charge in [-0.15, -0.1) is 11.3 Å². The van der Waals surface area contributed by atoms with E-state index in [1.54, 1.807) is 12.1 Å². The molecule has 0 saturated carbocycles. The van der Waals surface area contributed by atoms with E-state index in [0.29, 0.717) is 11.4 Å². The lowest BCUT2D eigenvalue weighted by Gasteiger charge is -2.07.